The minimum atomic E-state index is 0.519. The predicted molar refractivity (Wildman–Crippen MR) is 77.3 cm³/mol. The lowest BCUT2D eigenvalue weighted by atomic mass is 9.85. The summed E-state index contributed by atoms with van der Waals surface area (Å²) in [5, 5.41) is 3.65. The van der Waals surface area contributed by atoms with Crippen molar-refractivity contribution < 1.29 is 4.74 Å². The zero-order valence-electron chi connectivity index (χ0n) is 11.8. The van der Waals surface area contributed by atoms with Gasteiger partial charge in [-0.15, -0.1) is 0 Å². The Balaban J connectivity index is 1.96. The number of hydrogen-bond acceptors (Lipinski definition) is 2. The highest BCUT2D eigenvalue weighted by Gasteiger charge is 2.24. The number of benzene rings is 1. The second kappa shape index (κ2) is 5.64. The van der Waals surface area contributed by atoms with Gasteiger partial charge in [0.1, 0.15) is 5.75 Å². The molecule has 1 aromatic rings. The molecule has 0 heterocycles. The van der Waals surface area contributed by atoms with Crippen LogP contribution in [0.4, 0.5) is 5.69 Å². The molecule has 1 unspecified atom stereocenters. The Morgan fingerprint density at radius 2 is 2.06 bits per heavy atom. The van der Waals surface area contributed by atoms with Gasteiger partial charge in [-0.05, 0) is 43.2 Å². The lowest BCUT2D eigenvalue weighted by Crippen LogP contribution is -2.19. The zero-order chi connectivity index (χ0) is 13.0. The van der Waals surface area contributed by atoms with E-state index in [1.807, 2.05) is 12.1 Å². The van der Waals surface area contributed by atoms with E-state index in [9.17, 15) is 0 Å². The summed E-state index contributed by atoms with van der Waals surface area (Å²) in [5.74, 6) is 0.925. The van der Waals surface area contributed by atoms with Crippen LogP contribution in [0.2, 0.25) is 0 Å². The Morgan fingerprint density at radius 1 is 1.22 bits per heavy atom. The van der Waals surface area contributed by atoms with E-state index in [0.717, 1.165) is 5.75 Å². The van der Waals surface area contributed by atoms with Crippen molar-refractivity contribution in [3.05, 3.63) is 24.3 Å². The molecule has 0 aliphatic heterocycles. The number of anilines is 1. The molecule has 1 aliphatic carbocycles. The molecule has 18 heavy (non-hydrogen) atoms. The summed E-state index contributed by atoms with van der Waals surface area (Å²) in [5.41, 5.74) is 1.70. The van der Waals surface area contributed by atoms with E-state index in [2.05, 4.69) is 31.3 Å². The van der Waals surface area contributed by atoms with Gasteiger partial charge in [0.05, 0.1) is 7.11 Å². The maximum absolute atomic E-state index is 5.26. The number of rotatable bonds is 3. The van der Waals surface area contributed by atoms with Crippen molar-refractivity contribution in [2.75, 3.05) is 12.4 Å². The molecule has 0 radical (unpaired) electrons. The molecule has 0 amide bonds. The Labute approximate surface area is 111 Å². The van der Waals surface area contributed by atoms with Crippen LogP contribution in [0.1, 0.15) is 46.0 Å². The molecule has 0 saturated heterocycles. The Kier molecular flexibility index (Phi) is 4.15. The first-order chi connectivity index (χ1) is 8.59. The molecule has 100 valence electrons. The summed E-state index contributed by atoms with van der Waals surface area (Å²) in [4.78, 5) is 0. The quantitative estimate of drug-likeness (QED) is 0.796. The van der Waals surface area contributed by atoms with Crippen LogP contribution in [-0.2, 0) is 0 Å². The third-order valence-electron chi connectivity index (χ3n) is 4.02. The molecule has 1 N–H and O–H groups in total. The minimum Gasteiger partial charge on any atom is -0.497 e. The topological polar surface area (TPSA) is 21.3 Å². The van der Waals surface area contributed by atoms with E-state index in [1.54, 1.807) is 7.11 Å². The number of hydrogen-bond donors (Lipinski definition) is 1. The van der Waals surface area contributed by atoms with Gasteiger partial charge in [0.2, 0.25) is 0 Å². The van der Waals surface area contributed by atoms with E-state index < -0.39 is 0 Å². The van der Waals surface area contributed by atoms with Gasteiger partial charge < -0.3 is 10.1 Å². The number of methoxy groups -OCH3 is 1. The molecule has 1 fully saturated rings. The predicted octanol–water partition coefficient (Wildman–Crippen LogP) is 4.47. The van der Waals surface area contributed by atoms with Gasteiger partial charge in [0, 0.05) is 17.8 Å². The van der Waals surface area contributed by atoms with Gasteiger partial charge in [0.15, 0.2) is 0 Å². The van der Waals surface area contributed by atoms with Crippen molar-refractivity contribution >= 4 is 5.69 Å². The van der Waals surface area contributed by atoms with Crippen molar-refractivity contribution in [3.8, 4) is 5.75 Å². The van der Waals surface area contributed by atoms with Crippen LogP contribution in [0.25, 0.3) is 0 Å². The molecular weight excluding hydrogens is 222 g/mol. The first kappa shape index (κ1) is 13.3. The molecule has 1 aliphatic rings. The van der Waals surface area contributed by atoms with Crippen LogP contribution < -0.4 is 10.1 Å². The van der Waals surface area contributed by atoms with Crippen LogP contribution in [0, 0.1) is 5.41 Å². The second-order valence-electron chi connectivity index (χ2n) is 6.17. The van der Waals surface area contributed by atoms with Crippen molar-refractivity contribution in [3.63, 3.8) is 0 Å². The standard InChI is InChI=1S/C16H25NO/c1-16(2)10-5-7-13(9-11-16)17-14-6-4-8-15(12-14)18-3/h4,6,8,12-13,17H,5,7,9-11H2,1-3H3. The largest absolute Gasteiger partial charge is 0.497 e. The molecule has 2 heteroatoms. The SMILES string of the molecule is COc1cccc(NC2CCCC(C)(C)CC2)c1. The fourth-order valence-electron chi connectivity index (χ4n) is 2.75. The third kappa shape index (κ3) is 3.66. The highest BCUT2D eigenvalue weighted by Crippen LogP contribution is 2.34. The van der Waals surface area contributed by atoms with Gasteiger partial charge in [-0.1, -0.05) is 26.3 Å². The maximum Gasteiger partial charge on any atom is 0.120 e. The van der Waals surface area contributed by atoms with Crippen LogP contribution in [0.5, 0.6) is 5.75 Å². The molecule has 2 rings (SSSR count). The highest BCUT2D eigenvalue weighted by molar-refractivity contribution is 5.48. The van der Waals surface area contributed by atoms with Crippen LogP contribution >= 0.6 is 0 Å². The molecular formula is C16H25NO. The van der Waals surface area contributed by atoms with Crippen molar-refractivity contribution in [1.82, 2.24) is 0 Å². The average Bonchev–Trinajstić information content (AvgIpc) is 2.51. The summed E-state index contributed by atoms with van der Waals surface area (Å²) in [6.07, 6.45) is 6.54. The molecule has 0 aromatic heterocycles. The molecule has 2 nitrogen and oxygen atoms in total. The van der Waals surface area contributed by atoms with E-state index in [4.69, 9.17) is 4.74 Å². The summed E-state index contributed by atoms with van der Waals surface area (Å²) >= 11 is 0. The normalized spacial score (nSPS) is 23.2. The van der Waals surface area contributed by atoms with E-state index in [0.29, 0.717) is 11.5 Å². The smallest absolute Gasteiger partial charge is 0.120 e. The van der Waals surface area contributed by atoms with Crippen molar-refractivity contribution in [2.45, 2.75) is 52.0 Å². The van der Waals surface area contributed by atoms with Gasteiger partial charge in [-0.2, -0.15) is 0 Å². The van der Waals surface area contributed by atoms with Gasteiger partial charge in [0.25, 0.3) is 0 Å². The molecule has 1 saturated carbocycles. The van der Waals surface area contributed by atoms with Gasteiger partial charge >= 0.3 is 0 Å². The highest BCUT2D eigenvalue weighted by atomic mass is 16.5. The maximum atomic E-state index is 5.26. The van der Waals surface area contributed by atoms with Crippen LogP contribution in [-0.4, -0.2) is 13.2 Å². The van der Waals surface area contributed by atoms with E-state index in [1.165, 1.54) is 37.8 Å². The molecule has 1 atom stereocenters. The number of ether oxygens (including phenoxy) is 1. The third-order valence-corrected chi connectivity index (χ3v) is 4.02. The number of nitrogens with one attached hydrogen (secondary N) is 1. The van der Waals surface area contributed by atoms with Crippen molar-refractivity contribution in [2.24, 2.45) is 5.41 Å². The summed E-state index contributed by atoms with van der Waals surface area (Å²) < 4.78 is 5.26. The molecule has 0 spiro atoms. The van der Waals surface area contributed by atoms with Gasteiger partial charge in [-0.3, -0.25) is 0 Å². The van der Waals surface area contributed by atoms with Crippen LogP contribution in [0.3, 0.4) is 0 Å². The monoisotopic (exact) mass is 247 g/mol. The molecule has 1 aromatic carbocycles. The first-order valence-electron chi connectivity index (χ1n) is 7.00. The van der Waals surface area contributed by atoms with Crippen molar-refractivity contribution in [1.29, 1.82) is 0 Å². The minimum absolute atomic E-state index is 0.519. The first-order valence-corrected chi connectivity index (χ1v) is 7.00. The zero-order valence-corrected chi connectivity index (χ0v) is 11.8. The Hall–Kier alpha value is -1.18. The second-order valence-corrected chi connectivity index (χ2v) is 6.17. The fourth-order valence-corrected chi connectivity index (χ4v) is 2.75. The lowest BCUT2D eigenvalue weighted by Gasteiger charge is -2.22. The summed E-state index contributed by atoms with van der Waals surface area (Å²) in [6, 6.07) is 8.84. The molecule has 0 bridgehead atoms. The Morgan fingerprint density at radius 3 is 2.83 bits per heavy atom. The van der Waals surface area contributed by atoms with Crippen LogP contribution in [0.15, 0.2) is 24.3 Å². The fraction of sp³-hybridized carbons (Fsp3) is 0.625. The summed E-state index contributed by atoms with van der Waals surface area (Å²) in [7, 11) is 1.72. The summed E-state index contributed by atoms with van der Waals surface area (Å²) in [6.45, 7) is 4.78. The average molecular weight is 247 g/mol. The van der Waals surface area contributed by atoms with E-state index in [-0.39, 0.29) is 0 Å². The van der Waals surface area contributed by atoms with E-state index >= 15 is 0 Å². The Bertz CT molecular complexity index is 386. The lowest BCUT2D eigenvalue weighted by molar-refractivity contribution is 0.313. The van der Waals surface area contributed by atoms with Gasteiger partial charge in [-0.25, -0.2) is 0 Å².